The SMILES string of the molecule is COC(=O)C(C#N)=Cc1c(-c2ccccc2C)c2c(N)ncnc2n1CCCO. The fourth-order valence-corrected chi connectivity index (χ4v) is 3.33. The van der Waals surface area contributed by atoms with E-state index in [0.717, 1.165) is 16.7 Å². The van der Waals surface area contributed by atoms with E-state index in [4.69, 9.17) is 10.5 Å². The Morgan fingerprint density at radius 1 is 1.38 bits per heavy atom. The van der Waals surface area contributed by atoms with Crippen LogP contribution in [-0.4, -0.2) is 39.3 Å². The summed E-state index contributed by atoms with van der Waals surface area (Å²) in [5.74, 6) is -0.441. The van der Waals surface area contributed by atoms with E-state index in [9.17, 15) is 15.2 Å². The zero-order chi connectivity index (χ0) is 21.0. The number of ether oxygens (including phenoxy) is 1. The third-order valence-electron chi connectivity index (χ3n) is 4.67. The van der Waals surface area contributed by atoms with Crippen LogP contribution < -0.4 is 5.73 Å². The summed E-state index contributed by atoms with van der Waals surface area (Å²) in [6.07, 6.45) is 3.31. The summed E-state index contributed by atoms with van der Waals surface area (Å²) in [6, 6.07) is 9.62. The predicted octanol–water partition coefficient (Wildman–Crippen LogP) is 2.45. The zero-order valence-electron chi connectivity index (χ0n) is 16.2. The van der Waals surface area contributed by atoms with Gasteiger partial charge in [-0.1, -0.05) is 24.3 Å². The van der Waals surface area contributed by atoms with Crippen LogP contribution in [-0.2, 0) is 16.1 Å². The molecule has 2 aromatic heterocycles. The van der Waals surface area contributed by atoms with Gasteiger partial charge in [0, 0.05) is 18.7 Å². The number of hydrogen-bond acceptors (Lipinski definition) is 7. The summed E-state index contributed by atoms with van der Waals surface area (Å²) in [7, 11) is 1.22. The van der Waals surface area contributed by atoms with Gasteiger partial charge < -0.3 is 20.1 Å². The molecule has 0 aliphatic heterocycles. The lowest BCUT2D eigenvalue weighted by Crippen LogP contribution is -2.07. The average molecular weight is 391 g/mol. The number of fused-ring (bicyclic) bond motifs is 1. The Kier molecular flexibility index (Phi) is 5.90. The number of carbonyl (C=O) groups is 1. The molecule has 2 heterocycles. The highest BCUT2D eigenvalue weighted by Gasteiger charge is 2.23. The van der Waals surface area contributed by atoms with Crippen LogP contribution in [0.15, 0.2) is 36.2 Å². The second kappa shape index (κ2) is 8.54. The highest BCUT2D eigenvalue weighted by Crippen LogP contribution is 2.39. The summed E-state index contributed by atoms with van der Waals surface area (Å²) >= 11 is 0. The fourth-order valence-electron chi connectivity index (χ4n) is 3.33. The Labute approximate surface area is 167 Å². The van der Waals surface area contributed by atoms with Gasteiger partial charge in [-0.05, 0) is 30.5 Å². The molecule has 0 aliphatic carbocycles. The molecule has 0 saturated heterocycles. The van der Waals surface area contributed by atoms with Gasteiger partial charge in [0.15, 0.2) is 0 Å². The van der Waals surface area contributed by atoms with Gasteiger partial charge in [-0.15, -0.1) is 0 Å². The van der Waals surface area contributed by atoms with Crippen molar-refractivity contribution < 1.29 is 14.6 Å². The van der Waals surface area contributed by atoms with Crippen LogP contribution in [0.4, 0.5) is 5.82 Å². The number of methoxy groups -OCH3 is 1. The molecule has 0 bridgehead atoms. The van der Waals surface area contributed by atoms with Crippen molar-refractivity contribution in [2.75, 3.05) is 19.5 Å². The third-order valence-corrected chi connectivity index (χ3v) is 4.67. The maximum absolute atomic E-state index is 12.1. The number of aromatic nitrogens is 3. The Balaban J connectivity index is 2.46. The molecule has 0 atom stereocenters. The fraction of sp³-hybridized carbons (Fsp3) is 0.238. The van der Waals surface area contributed by atoms with Gasteiger partial charge in [-0.2, -0.15) is 5.26 Å². The first-order chi connectivity index (χ1) is 14.0. The first-order valence-corrected chi connectivity index (χ1v) is 9.03. The summed E-state index contributed by atoms with van der Waals surface area (Å²) in [5.41, 5.74) is 9.81. The van der Waals surface area contributed by atoms with Gasteiger partial charge >= 0.3 is 5.97 Å². The number of aryl methyl sites for hydroxylation is 2. The van der Waals surface area contributed by atoms with Gasteiger partial charge in [-0.25, -0.2) is 14.8 Å². The highest BCUT2D eigenvalue weighted by molar-refractivity contribution is 6.07. The molecule has 0 saturated carbocycles. The van der Waals surface area contributed by atoms with Crippen molar-refractivity contribution in [3.8, 4) is 17.2 Å². The first-order valence-electron chi connectivity index (χ1n) is 9.03. The van der Waals surface area contributed by atoms with Crippen molar-refractivity contribution in [1.29, 1.82) is 5.26 Å². The number of rotatable bonds is 6. The van der Waals surface area contributed by atoms with Crippen molar-refractivity contribution in [3.05, 3.63) is 47.4 Å². The lowest BCUT2D eigenvalue weighted by Gasteiger charge is -2.10. The van der Waals surface area contributed by atoms with Gasteiger partial charge in [0.2, 0.25) is 0 Å². The molecule has 8 heteroatoms. The second-order valence-corrected chi connectivity index (χ2v) is 6.42. The van der Waals surface area contributed by atoms with Gasteiger partial charge in [0.25, 0.3) is 0 Å². The molecule has 0 amide bonds. The van der Waals surface area contributed by atoms with Crippen molar-refractivity contribution in [2.45, 2.75) is 19.9 Å². The summed E-state index contributed by atoms with van der Waals surface area (Å²) in [4.78, 5) is 20.6. The van der Waals surface area contributed by atoms with Crippen LogP contribution in [0.25, 0.3) is 28.2 Å². The van der Waals surface area contributed by atoms with Crippen LogP contribution in [0.2, 0.25) is 0 Å². The molecular formula is C21H21N5O3. The van der Waals surface area contributed by atoms with Crippen molar-refractivity contribution in [2.24, 2.45) is 0 Å². The molecular weight excluding hydrogens is 370 g/mol. The first kappa shape index (κ1) is 20.0. The smallest absolute Gasteiger partial charge is 0.348 e. The summed E-state index contributed by atoms with van der Waals surface area (Å²) in [5, 5.41) is 19.5. The van der Waals surface area contributed by atoms with Crippen LogP contribution in [0.3, 0.4) is 0 Å². The number of anilines is 1. The normalized spacial score (nSPS) is 11.4. The molecule has 29 heavy (non-hydrogen) atoms. The predicted molar refractivity (Wildman–Crippen MR) is 109 cm³/mol. The van der Waals surface area contributed by atoms with Crippen LogP contribution in [0.1, 0.15) is 17.7 Å². The molecule has 0 spiro atoms. The number of nitrogen functional groups attached to an aromatic ring is 1. The number of esters is 1. The largest absolute Gasteiger partial charge is 0.465 e. The summed E-state index contributed by atoms with van der Waals surface area (Å²) in [6.45, 7) is 2.36. The lowest BCUT2D eigenvalue weighted by molar-refractivity contribution is -0.135. The molecule has 0 radical (unpaired) electrons. The van der Waals surface area contributed by atoms with Crippen LogP contribution in [0.5, 0.6) is 0 Å². The van der Waals surface area contributed by atoms with Crippen LogP contribution in [0, 0.1) is 18.3 Å². The lowest BCUT2D eigenvalue weighted by atomic mass is 9.97. The topological polar surface area (TPSA) is 127 Å². The van der Waals surface area contributed by atoms with Crippen molar-refractivity contribution >= 4 is 28.9 Å². The van der Waals surface area contributed by atoms with Crippen molar-refractivity contribution in [1.82, 2.24) is 14.5 Å². The van der Waals surface area contributed by atoms with E-state index in [0.29, 0.717) is 35.5 Å². The van der Waals surface area contributed by atoms with Crippen LogP contribution >= 0.6 is 0 Å². The van der Waals surface area contributed by atoms with E-state index in [1.54, 1.807) is 0 Å². The van der Waals surface area contributed by atoms with E-state index < -0.39 is 5.97 Å². The van der Waals surface area contributed by atoms with E-state index in [1.165, 1.54) is 19.5 Å². The maximum atomic E-state index is 12.1. The number of carbonyl (C=O) groups excluding carboxylic acids is 1. The second-order valence-electron chi connectivity index (χ2n) is 6.42. The average Bonchev–Trinajstić information content (AvgIpc) is 3.04. The number of nitrogens with zero attached hydrogens (tertiary/aromatic N) is 4. The number of aliphatic hydroxyl groups is 1. The van der Waals surface area contributed by atoms with E-state index in [1.807, 2.05) is 41.8 Å². The van der Waals surface area contributed by atoms with Gasteiger partial charge in [-0.3, -0.25) is 0 Å². The molecule has 3 rings (SSSR count). The molecule has 8 nitrogen and oxygen atoms in total. The van der Waals surface area contributed by atoms with E-state index in [2.05, 4.69) is 9.97 Å². The minimum atomic E-state index is -0.735. The zero-order valence-corrected chi connectivity index (χ0v) is 16.2. The standard InChI is InChI=1S/C21H21N5O3/c1-13-6-3-4-7-15(13)17-16(10-14(11-22)21(28)29-2)26(8-5-9-27)20-18(17)19(23)24-12-25-20/h3-4,6-7,10,12,27H,5,8-9H2,1-2H3,(H2,23,24,25). The molecule has 3 N–H and O–H groups in total. The van der Waals surface area contributed by atoms with Crippen molar-refractivity contribution in [3.63, 3.8) is 0 Å². The molecule has 0 fully saturated rings. The quantitative estimate of drug-likeness (QED) is 0.375. The number of nitrogens with two attached hydrogens (primary N) is 1. The Morgan fingerprint density at radius 3 is 2.79 bits per heavy atom. The molecule has 0 unspecified atom stereocenters. The molecule has 0 aliphatic rings. The number of hydrogen-bond donors (Lipinski definition) is 2. The Hall–Kier alpha value is -3.70. The minimum absolute atomic E-state index is 0.0226. The Bertz CT molecular complexity index is 1140. The minimum Gasteiger partial charge on any atom is -0.465 e. The monoisotopic (exact) mass is 391 g/mol. The maximum Gasteiger partial charge on any atom is 0.348 e. The van der Waals surface area contributed by atoms with E-state index >= 15 is 0 Å². The Morgan fingerprint density at radius 2 is 2.14 bits per heavy atom. The summed E-state index contributed by atoms with van der Waals surface area (Å²) < 4.78 is 6.57. The molecule has 1 aromatic carbocycles. The number of nitriles is 1. The van der Waals surface area contributed by atoms with Gasteiger partial charge in [0.1, 0.15) is 29.4 Å². The van der Waals surface area contributed by atoms with Gasteiger partial charge in [0.05, 0.1) is 18.2 Å². The number of aliphatic hydroxyl groups excluding tert-OH is 1. The number of benzene rings is 1. The molecule has 3 aromatic rings. The highest BCUT2D eigenvalue weighted by atomic mass is 16.5. The third kappa shape index (κ3) is 3.68. The molecule has 148 valence electrons. The van der Waals surface area contributed by atoms with E-state index in [-0.39, 0.29) is 12.2 Å².